The van der Waals surface area contributed by atoms with Crippen LogP contribution >= 0.6 is 0 Å². The lowest BCUT2D eigenvalue weighted by Gasteiger charge is -2.02. The summed E-state index contributed by atoms with van der Waals surface area (Å²) in [4.78, 5) is 0. The van der Waals surface area contributed by atoms with E-state index in [1.54, 1.807) is 0 Å². The van der Waals surface area contributed by atoms with Gasteiger partial charge in [-0.3, -0.25) is 0 Å². The second-order valence-electron chi connectivity index (χ2n) is 2.03. The second-order valence-corrected chi connectivity index (χ2v) is 2.03. The Morgan fingerprint density at radius 2 is 1.36 bits per heavy atom. The fourth-order valence-electron chi connectivity index (χ4n) is 0.553. The first-order chi connectivity index (χ1) is 5.41. The molecular weight excluding hydrogens is 148 g/mol. The SMILES string of the molecule is OCCCOCCOCCO. The maximum absolute atomic E-state index is 8.36. The third kappa shape index (κ3) is 9.84. The lowest BCUT2D eigenvalue weighted by molar-refractivity contribution is 0.0295. The zero-order chi connectivity index (χ0) is 8.36. The molecule has 11 heavy (non-hydrogen) atoms. The highest BCUT2D eigenvalue weighted by atomic mass is 16.5. The van der Waals surface area contributed by atoms with Crippen LogP contribution in [0.15, 0.2) is 0 Å². The van der Waals surface area contributed by atoms with Gasteiger partial charge < -0.3 is 19.7 Å². The average molecular weight is 164 g/mol. The highest BCUT2D eigenvalue weighted by Gasteiger charge is 1.88. The first-order valence-electron chi connectivity index (χ1n) is 3.79. The van der Waals surface area contributed by atoms with Crippen LogP contribution in [-0.2, 0) is 9.47 Å². The van der Waals surface area contributed by atoms with Crippen LogP contribution in [0.2, 0.25) is 0 Å². The number of rotatable bonds is 8. The Morgan fingerprint density at radius 3 is 1.91 bits per heavy atom. The van der Waals surface area contributed by atoms with Crippen molar-refractivity contribution in [2.24, 2.45) is 0 Å². The van der Waals surface area contributed by atoms with Crippen LogP contribution in [0, 0.1) is 0 Å². The minimum Gasteiger partial charge on any atom is -0.396 e. The zero-order valence-corrected chi connectivity index (χ0v) is 6.66. The Bertz CT molecular complexity index is 59.5. The monoisotopic (exact) mass is 164 g/mol. The molecule has 4 nitrogen and oxygen atoms in total. The summed E-state index contributed by atoms with van der Waals surface area (Å²) in [5, 5.41) is 16.7. The third-order valence-electron chi connectivity index (χ3n) is 1.05. The van der Waals surface area contributed by atoms with Gasteiger partial charge in [-0.15, -0.1) is 0 Å². The van der Waals surface area contributed by atoms with E-state index >= 15 is 0 Å². The molecule has 0 aromatic heterocycles. The summed E-state index contributed by atoms with van der Waals surface area (Å²) in [5.41, 5.74) is 0. The number of hydrogen-bond acceptors (Lipinski definition) is 4. The normalized spacial score (nSPS) is 10.4. The van der Waals surface area contributed by atoms with E-state index < -0.39 is 0 Å². The first-order valence-corrected chi connectivity index (χ1v) is 3.79. The summed E-state index contributed by atoms with van der Waals surface area (Å²) in [6, 6.07) is 0. The highest BCUT2D eigenvalue weighted by molar-refractivity contribution is 4.33. The van der Waals surface area contributed by atoms with E-state index in [0.717, 1.165) is 0 Å². The molecule has 0 fully saturated rings. The van der Waals surface area contributed by atoms with Crippen LogP contribution in [0.3, 0.4) is 0 Å². The Hall–Kier alpha value is -0.160. The van der Waals surface area contributed by atoms with Crippen molar-refractivity contribution in [3.63, 3.8) is 0 Å². The molecule has 0 heterocycles. The van der Waals surface area contributed by atoms with Crippen LogP contribution in [0.1, 0.15) is 6.42 Å². The van der Waals surface area contributed by atoms with Crippen LogP contribution in [0.25, 0.3) is 0 Å². The zero-order valence-electron chi connectivity index (χ0n) is 6.66. The van der Waals surface area contributed by atoms with Gasteiger partial charge in [0, 0.05) is 13.2 Å². The van der Waals surface area contributed by atoms with Gasteiger partial charge in [0.1, 0.15) is 0 Å². The van der Waals surface area contributed by atoms with E-state index in [-0.39, 0.29) is 13.2 Å². The molecule has 2 N–H and O–H groups in total. The summed E-state index contributed by atoms with van der Waals surface area (Å²) >= 11 is 0. The minimum atomic E-state index is 0.0522. The molecule has 4 heteroatoms. The van der Waals surface area contributed by atoms with Gasteiger partial charge in [0.15, 0.2) is 0 Å². The third-order valence-corrected chi connectivity index (χ3v) is 1.05. The van der Waals surface area contributed by atoms with Crippen LogP contribution in [-0.4, -0.2) is 49.9 Å². The second kappa shape index (κ2) is 9.84. The van der Waals surface area contributed by atoms with Crippen LogP contribution in [0.4, 0.5) is 0 Å². The Labute approximate surface area is 66.7 Å². The molecule has 0 bridgehead atoms. The van der Waals surface area contributed by atoms with Crippen molar-refractivity contribution < 1.29 is 19.7 Å². The van der Waals surface area contributed by atoms with Gasteiger partial charge in [0.2, 0.25) is 0 Å². The van der Waals surface area contributed by atoms with Crippen molar-refractivity contribution in [2.45, 2.75) is 6.42 Å². The number of aliphatic hydroxyl groups is 2. The standard InChI is InChI=1S/C7H16O4/c8-2-1-4-10-6-7-11-5-3-9/h8-9H,1-7H2. The van der Waals surface area contributed by atoms with Gasteiger partial charge in [-0.1, -0.05) is 0 Å². The molecule has 0 rings (SSSR count). The van der Waals surface area contributed by atoms with Crippen LogP contribution in [0.5, 0.6) is 0 Å². The largest absolute Gasteiger partial charge is 0.396 e. The van der Waals surface area contributed by atoms with Crippen LogP contribution < -0.4 is 0 Å². The average Bonchev–Trinajstić information content (AvgIpc) is 2.03. The van der Waals surface area contributed by atoms with E-state index in [1.165, 1.54) is 0 Å². The molecule has 0 aliphatic carbocycles. The Kier molecular flexibility index (Phi) is 9.70. The fraction of sp³-hybridized carbons (Fsp3) is 1.00. The smallest absolute Gasteiger partial charge is 0.0701 e. The van der Waals surface area contributed by atoms with Crippen molar-refractivity contribution in [3.8, 4) is 0 Å². The summed E-state index contributed by atoms with van der Waals surface area (Å²) in [7, 11) is 0. The van der Waals surface area contributed by atoms with E-state index in [0.29, 0.717) is 32.8 Å². The molecular formula is C7H16O4. The molecule has 0 aliphatic heterocycles. The summed E-state index contributed by atoms with van der Waals surface area (Å²) < 4.78 is 9.98. The van der Waals surface area contributed by atoms with Crippen molar-refractivity contribution in [1.29, 1.82) is 0 Å². The summed E-state index contributed by atoms with van der Waals surface area (Å²) in [5.74, 6) is 0. The van der Waals surface area contributed by atoms with Gasteiger partial charge >= 0.3 is 0 Å². The highest BCUT2D eigenvalue weighted by Crippen LogP contribution is 1.81. The Balaban J connectivity index is 2.69. The molecule has 0 unspecified atom stereocenters. The van der Waals surface area contributed by atoms with Gasteiger partial charge in [-0.05, 0) is 6.42 Å². The van der Waals surface area contributed by atoms with Gasteiger partial charge in [-0.2, -0.15) is 0 Å². The minimum absolute atomic E-state index is 0.0522. The Morgan fingerprint density at radius 1 is 0.727 bits per heavy atom. The molecule has 0 saturated heterocycles. The van der Waals surface area contributed by atoms with Gasteiger partial charge in [0.25, 0.3) is 0 Å². The quantitative estimate of drug-likeness (QED) is 0.470. The molecule has 0 atom stereocenters. The van der Waals surface area contributed by atoms with Gasteiger partial charge in [-0.25, -0.2) is 0 Å². The van der Waals surface area contributed by atoms with Gasteiger partial charge in [0.05, 0.1) is 26.4 Å². The van der Waals surface area contributed by atoms with Crippen molar-refractivity contribution in [1.82, 2.24) is 0 Å². The van der Waals surface area contributed by atoms with Crippen molar-refractivity contribution in [2.75, 3.05) is 39.6 Å². The lowest BCUT2D eigenvalue weighted by Crippen LogP contribution is -2.08. The molecule has 0 aliphatic rings. The predicted molar refractivity (Wildman–Crippen MR) is 40.4 cm³/mol. The molecule has 0 aromatic rings. The number of ether oxygens (including phenoxy) is 2. The molecule has 0 amide bonds. The predicted octanol–water partition coefficient (Wildman–Crippen LogP) is -0.606. The molecule has 0 spiro atoms. The molecule has 0 aromatic carbocycles. The topological polar surface area (TPSA) is 58.9 Å². The molecule has 0 radical (unpaired) electrons. The first kappa shape index (κ1) is 10.8. The van der Waals surface area contributed by atoms with E-state index in [4.69, 9.17) is 19.7 Å². The summed E-state index contributed by atoms with van der Waals surface area (Å²) in [6.07, 6.45) is 0.667. The van der Waals surface area contributed by atoms with E-state index in [2.05, 4.69) is 0 Å². The number of hydrogen-bond donors (Lipinski definition) is 2. The van der Waals surface area contributed by atoms with E-state index in [1.807, 2.05) is 0 Å². The molecule has 68 valence electrons. The number of aliphatic hydroxyl groups excluding tert-OH is 2. The maximum atomic E-state index is 8.36. The van der Waals surface area contributed by atoms with Crippen molar-refractivity contribution in [3.05, 3.63) is 0 Å². The maximum Gasteiger partial charge on any atom is 0.0701 e. The lowest BCUT2D eigenvalue weighted by atomic mass is 10.5. The summed E-state index contributed by atoms with van der Waals surface area (Å²) in [6.45, 7) is 2.18. The van der Waals surface area contributed by atoms with Crippen molar-refractivity contribution >= 4 is 0 Å². The molecule has 0 saturated carbocycles. The van der Waals surface area contributed by atoms with E-state index in [9.17, 15) is 0 Å². The fourth-order valence-corrected chi connectivity index (χ4v) is 0.553.